The predicted molar refractivity (Wildman–Crippen MR) is 190 cm³/mol. The molecule has 10 rings (SSSR count). The number of rotatable bonds is 3. The Morgan fingerprint density at radius 2 is 0.542 bits per heavy atom. The van der Waals surface area contributed by atoms with Gasteiger partial charge in [0, 0.05) is 17.8 Å². The largest absolute Gasteiger partial charge is 0.508 e. The lowest BCUT2D eigenvalue weighted by molar-refractivity contribution is 0.474. The maximum absolute atomic E-state index is 10.3. The number of phenolic OH excluding ortho intramolecular Hbond substituents is 3. The topological polar surface area (TPSA) is 60.7 Å². The van der Waals surface area contributed by atoms with E-state index in [4.69, 9.17) is 0 Å². The number of phenols is 3. The maximum atomic E-state index is 10.3. The Kier molecular flexibility index (Phi) is 5.63. The van der Waals surface area contributed by atoms with Gasteiger partial charge in [0.15, 0.2) is 0 Å². The van der Waals surface area contributed by atoms with Gasteiger partial charge in [0.2, 0.25) is 0 Å². The summed E-state index contributed by atoms with van der Waals surface area (Å²) in [5.74, 6) is 0.657. The van der Waals surface area contributed by atoms with Gasteiger partial charge in [-0.3, -0.25) is 0 Å². The molecule has 48 heavy (non-hydrogen) atoms. The van der Waals surface area contributed by atoms with Gasteiger partial charge in [-0.1, -0.05) is 109 Å². The molecule has 0 heterocycles. The van der Waals surface area contributed by atoms with Crippen LogP contribution >= 0.6 is 0 Å². The van der Waals surface area contributed by atoms with Crippen molar-refractivity contribution < 1.29 is 15.3 Å². The molecule has 0 spiro atoms. The molecule has 3 aliphatic rings. The van der Waals surface area contributed by atoms with Crippen LogP contribution < -0.4 is 0 Å². The second kappa shape index (κ2) is 9.97. The van der Waals surface area contributed by atoms with Crippen molar-refractivity contribution in [2.24, 2.45) is 0 Å². The zero-order valence-electron chi connectivity index (χ0n) is 25.9. The minimum Gasteiger partial charge on any atom is -0.508 e. The molecule has 3 atom stereocenters. The van der Waals surface area contributed by atoms with E-state index >= 15 is 0 Å². The molecule has 0 amide bonds. The summed E-state index contributed by atoms with van der Waals surface area (Å²) in [6.07, 6.45) is 0. The molecular weight excluding hydrogens is 588 g/mol. The predicted octanol–water partition coefficient (Wildman–Crippen LogP) is 10.3. The van der Waals surface area contributed by atoms with Gasteiger partial charge in [0.25, 0.3) is 0 Å². The lowest BCUT2D eigenvalue weighted by Crippen LogP contribution is -2.07. The van der Waals surface area contributed by atoms with E-state index in [2.05, 4.69) is 109 Å². The van der Waals surface area contributed by atoms with Crippen molar-refractivity contribution in [3.05, 3.63) is 196 Å². The van der Waals surface area contributed by atoms with Crippen LogP contribution in [0.15, 0.2) is 146 Å². The monoisotopic (exact) mass is 618 g/mol. The highest BCUT2D eigenvalue weighted by Gasteiger charge is 2.47. The van der Waals surface area contributed by atoms with E-state index in [1.807, 2.05) is 0 Å². The summed E-state index contributed by atoms with van der Waals surface area (Å²) >= 11 is 0. The van der Waals surface area contributed by atoms with E-state index in [9.17, 15) is 15.3 Å². The third kappa shape index (κ3) is 3.64. The van der Waals surface area contributed by atoms with Crippen molar-refractivity contribution in [2.45, 2.75) is 17.8 Å². The Morgan fingerprint density at radius 3 is 0.812 bits per heavy atom. The highest BCUT2D eigenvalue weighted by molar-refractivity contribution is 6.04. The Morgan fingerprint density at radius 1 is 0.292 bits per heavy atom. The van der Waals surface area contributed by atoms with E-state index in [-0.39, 0.29) is 35.0 Å². The van der Waals surface area contributed by atoms with Gasteiger partial charge < -0.3 is 15.3 Å². The van der Waals surface area contributed by atoms with Crippen LogP contribution in [0.25, 0.3) is 33.4 Å². The number of hydrogen-bond acceptors (Lipinski definition) is 3. The first-order chi connectivity index (χ1) is 23.6. The smallest absolute Gasteiger partial charge is 0.115 e. The lowest BCUT2D eigenvalue weighted by Gasteiger charge is -2.25. The van der Waals surface area contributed by atoms with E-state index in [0.29, 0.717) is 0 Å². The second-order valence-corrected chi connectivity index (χ2v) is 13.2. The summed E-state index contributed by atoms with van der Waals surface area (Å²) in [6.45, 7) is 0. The number of aromatic hydroxyl groups is 3. The maximum Gasteiger partial charge on any atom is 0.115 e. The number of benzene rings is 7. The molecule has 228 valence electrons. The Bertz CT molecular complexity index is 2130. The molecule has 0 aliphatic heterocycles. The standard InChI is InChI=1S/C45H30O3/c46-28-19-13-25(14-20-28)37-31-7-1-4-10-34(31)40-43(37)41-35-11-5-2-8-32(35)39(27-17-23-30(48)24-18-27)45(41)42-36-12-6-3-9-33(36)38(44(40)42)26-15-21-29(47)22-16-26/h1-24,37-39,46-48H/t37-,38-,39+/m1/s1. The molecule has 0 bridgehead atoms. The first-order valence-corrected chi connectivity index (χ1v) is 16.5. The number of hydrogen-bond donors (Lipinski definition) is 3. The average molecular weight is 619 g/mol. The summed E-state index contributed by atoms with van der Waals surface area (Å²) in [5, 5.41) is 31.0. The third-order valence-electron chi connectivity index (χ3n) is 10.8. The van der Waals surface area contributed by atoms with E-state index in [1.54, 1.807) is 36.4 Å². The van der Waals surface area contributed by atoms with Gasteiger partial charge >= 0.3 is 0 Å². The summed E-state index contributed by atoms with van der Waals surface area (Å²) in [7, 11) is 0. The molecule has 0 aromatic heterocycles. The van der Waals surface area contributed by atoms with Crippen molar-refractivity contribution >= 4 is 0 Å². The fraction of sp³-hybridized carbons (Fsp3) is 0.0667. The minimum absolute atomic E-state index is 0.0355. The van der Waals surface area contributed by atoms with Gasteiger partial charge in [0.05, 0.1) is 0 Å². The molecule has 0 saturated carbocycles. The van der Waals surface area contributed by atoms with Crippen molar-refractivity contribution in [1.82, 2.24) is 0 Å². The average Bonchev–Trinajstić information content (AvgIpc) is 3.76. The zero-order valence-corrected chi connectivity index (χ0v) is 25.9. The molecule has 3 nitrogen and oxygen atoms in total. The zero-order chi connectivity index (χ0) is 32.1. The van der Waals surface area contributed by atoms with Gasteiger partial charge in [-0.2, -0.15) is 0 Å². The SMILES string of the molecule is Oc1ccc([C@@H]2c3ccccc3-c3c2c2c(c4c3[C@@H](c3ccc(O)cc3)c3ccccc3-4)[C@H](c3ccc(O)cc3)c3ccccc3-2)cc1. The van der Waals surface area contributed by atoms with Gasteiger partial charge in [-0.05, 0) is 120 Å². The van der Waals surface area contributed by atoms with Crippen molar-refractivity contribution in [2.75, 3.05) is 0 Å². The third-order valence-corrected chi connectivity index (χ3v) is 10.8. The quantitative estimate of drug-likeness (QED) is 0.185. The summed E-state index contributed by atoms with van der Waals surface area (Å²) in [4.78, 5) is 0. The number of fused-ring (bicyclic) bond motifs is 12. The van der Waals surface area contributed by atoms with Gasteiger partial charge in [-0.15, -0.1) is 0 Å². The van der Waals surface area contributed by atoms with E-state index in [0.717, 1.165) is 16.7 Å². The normalized spacial score (nSPS) is 17.6. The van der Waals surface area contributed by atoms with Crippen molar-refractivity contribution in [1.29, 1.82) is 0 Å². The van der Waals surface area contributed by atoms with Gasteiger partial charge in [0.1, 0.15) is 17.2 Å². The van der Waals surface area contributed by atoms with Crippen LogP contribution in [0.4, 0.5) is 0 Å². The van der Waals surface area contributed by atoms with Gasteiger partial charge in [-0.25, -0.2) is 0 Å². The van der Waals surface area contributed by atoms with Crippen LogP contribution in [0.3, 0.4) is 0 Å². The first kappa shape index (κ1) is 27.1. The fourth-order valence-electron chi connectivity index (χ4n) is 8.98. The summed E-state index contributed by atoms with van der Waals surface area (Å²) < 4.78 is 0. The second-order valence-electron chi connectivity index (χ2n) is 13.2. The van der Waals surface area contributed by atoms with Crippen molar-refractivity contribution in [3.8, 4) is 50.6 Å². The van der Waals surface area contributed by atoms with Crippen LogP contribution in [0, 0.1) is 0 Å². The molecule has 7 aromatic rings. The Hall–Kier alpha value is -6.06. The molecular formula is C45H30O3. The molecule has 0 radical (unpaired) electrons. The Balaban J connectivity index is 1.41. The van der Waals surface area contributed by atoms with Crippen molar-refractivity contribution in [3.63, 3.8) is 0 Å². The highest BCUT2D eigenvalue weighted by atomic mass is 16.3. The molecule has 7 aromatic carbocycles. The van der Waals surface area contributed by atoms with Crippen LogP contribution in [-0.2, 0) is 0 Å². The van der Waals surface area contributed by atoms with Crippen LogP contribution in [0.5, 0.6) is 17.2 Å². The minimum atomic E-state index is -0.0355. The van der Waals surface area contributed by atoms with E-state index in [1.165, 1.54) is 66.8 Å². The Labute approximate surface area is 278 Å². The summed E-state index contributed by atoms with van der Waals surface area (Å²) in [5.41, 5.74) is 18.7. The molecule has 0 saturated heterocycles. The lowest BCUT2D eigenvalue weighted by atomic mass is 9.77. The van der Waals surface area contributed by atoms with Crippen LogP contribution in [0.1, 0.15) is 67.8 Å². The first-order valence-electron chi connectivity index (χ1n) is 16.5. The van der Waals surface area contributed by atoms with Crippen LogP contribution in [0.2, 0.25) is 0 Å². The molecule has 3 heteroatoms. The molecule has 3 aliphatic carbocycles. The molecule has 3 N–H and O–H groups in total. The summed E-state index contributed by atoms with van der Waals surface area (Å²) in [6, 6.07) is 49.6. The van der Waals surface area contributed by atoms with Crippen LogP contribution in [-0.4, -0.2) is 15.3 Å². The van der Waals surface area contributed by atoms with E-state index < -0.39 is 0 Å². The highest BCUT2D eigenvalue weighted by Crippen LogP contribution is 2.66. The molecule has 0 unspecified atom stereocenters. The molecule has 0 fully saturated rings. The fourth-order valence-corrected chi connectivity index (χ4v) is 8.98.